The lowest BCUT2D eigenvalue weighted by atomic mass is 9.99. The molecule has 0 saturated carbocycles. The molecule has 90 valence electrons. The van der Waals surface area contributed by atoms with Crippen molar-refractivity contribution in [3.8, 4) is 0 Å². The standard InChI is InChI=1S/C13H27NO/c1-6-9-13(15-8-3)12(14-7-2)10-11(4)5/h12-14H,4,6-10H2,1-3,5H3. The minimum Gasteiger partial charge on any atom is -0.377 e. The van der Waals surface area contributed by atoms with Gasteiger partial charge in [-0.15, -0.1) is 6.58 Å². The van der Waals surface area contributed by atoms with Crippen LogP contribution in [0.1, 0.15) is 47.0 Å². The third-order valence-corrected chi connectivity index (χ3v) is 2.44. The molecule has 0 heterocycles. The van der Waals surface area contributed by atoms with E-state index < -0.39 is 0 Å². The van der Waals surface area contributed by atoms with E-state index in [-0.39, 0.29) is 0 Å². The van der Waals surface area contributed by atoms with Gasteiger partial charge in [0.25, 0.3) is 0 Å². The van der Waals surface area contributed by atoms with E-state index in [9.17, 15) is 0 Å². The van der Waals surface area contributed by atoms with E-state index in [1.165, 1.54) is 12.0 Å². The van der Waals surface area contributed by atoms with Gasteiger partial charge in [0.15, 0.2) is 0 Å². The molecule has 0 radical (unpaired) electrons. The van der Waals surface area contributed by atoms with Gasteiger partial charge in [0.1, 0.15) is 0 Å². The molecule has 2 atom stereocenters. The fourth-order valence-electron chi connectivity index (χ4n) is 1.87. The van der Waals surface area contributed by atoms with Crippen molar-refractivity contribution in [1.29, 1.82) is 0 Å². The monoisotopic (exact) mass is 213 g/mol. The fourth-order valence-corrected chi connectivity index (χ4v) is 1.87. The van der Waals surface area contributed by atoms with Crippen LogP contribution in [0.2, 0.25) is 0 Å². The molecule has 0 aromatic carbocycles. The lowest BCUT2D eigenvalue weighted by molar-refractivity contribution is 0.0286. The van der Waals surface area contributed by atoms with Crippen LogP contribution in [0.4, 0.5) is 0 Å². The van der Waals surface area contributed by atoms with Crippen molar-refractivity contribution in [3.05, 3.63) is 12.2 Å². The first-order valence-electron chi connectivity index (χ1n) is 6.14. The molecule has 0 aliphatic rings. The second kappa shape index (κ2) is 8.93. The van der Waals surface area contributed by atoms with Crippen LogP contribution in [-0.2, 0) is 4.74 Å². The van der Waals surface area contributed by atoms with E-state index in [0.29, 0.717) is 12.1 Å². The number of rotatable bonds is 9. The zero-order chi connectivity index (χ0) is 11.7. The van der Waals surface area contributed by atoms with Crippen molar-refractivity contribution in [3.63, 3.8) is 0 Å². The van der Waals surface area contributed by atoms with Crippen molar-refractivity contribution in [2.75, 3.05) is 13.2 Å². The Kier molecular flexibility index (Phi) is 8.73. The smallest absolute Gasteiger partial charge is 0.0730 e. The van der Waals surface area contributed by atoms with Crippen LogP contribution in [0.25, 0.3) is 0 Å². The molecule has 2 nitrogen and oxygen atoms in total. The third-order valence-electron chi connectivity index (χ3n) is 2.44. The molecule has 0 spiro atoms. The Morgan fingerprint density at radius 3 is 2.40 bits per heavy atom. The summed E-state index contributed by atoms with van der Waals surface area (Å²) >= 11 is 0. The van der Waals surface area contributed by atoms with Gasteiger partial charge in [-0.05, 0) is 33.2 Å². The molecule has 0 aromatic heterocycles. The molecule has 0 rings (SSSR count). The minimum absolute atomic E-state index is 0.330. The van der Waals surface area contributed by atoms with Crippen LogP contribution < -0.4 is 5.32 Å². The number of hydrogen-bond donors (Lipinski definition) is 1. The van der Waals surface area contributed by atoms with Crippen LogP contribution in [0.15, 0.2) is 12.2 Å². The van der Waals surface area contributed by atoms with Gasteiger partial charge in [-0.25, -0.2) is 0 Å². The highest BCUT2D eigenvalue weighted by atomic mass is 16.5. The van der Waals surface area contributed by atoms with Crippen molar-refractivity contribution < 1.29 is 4.74 Å². The second-order valence-electron chi connectivity index (χ2n) is 4.11. The zero-order valence-electron chi connectivity index (χ0n) is 10.8. The Morgan fingerprint density at radius 2 is 2.00 bits per heavy atom. The van der Waals surface area contributed by atoms with Crippen molar-refractivity contribution in [2.24, 2.45) is 0 Å². The molecule has 2 unspecified atom stereocenters. The molecule has 15 heavy (non-hydrogen) atoms. The Morgan fingerprint density at radius 1 is 1.33 bits per heavy atom. The summed E-state index contributed by atoms with van der Waals surface area (Å²) in [5, 5.41) is 3.50. The Bertz CT molecular complexity index is 162. The summed E-state index contributed by atoms with van der Waals surface area (Å²) in [7, 11) is 0. The summed E-state index contributed by atoms with van der Waals surface area (Å²) in [5.41, 5.74) is 1.22. The predicted octanol–water partition coefficient (Wildman–Crippen LogP) is 3.14. The van der Waals surface area contributed by atoms with Gasteiger partial charge in [0.05, 0.1) is 6.10 Å². The molecular formula is C13H27NO. The van der Waals surface area contributed by atoms with E-state index in [2.05, 4.69) is 39.6 Å². The van der Waals surface area contributed by atoms with Gasteiger partial charge < -0.3 is 10.1 Å². The van der Waals surface area contributed by atoms with E-state index in [4.69, 9.17) is 4.74 Å². The highest BCUT2D eigenvalue weighted by Gasteiger charge is 2.19. The van der Waals surface area contributed by atoms with Crippen molar-refractivity contribution >= 4 is 0 Å². The normalized spacial score (nSPS) is 14.9. The molecule has 0 aromatic rings. The number of nitrogens with one attached hydrogen (secondary N) is 1. The third kappa shape index (κ3) is 6.69. The maximum absolute atomic E-state index is 5.79. The molecule has 0 amide bonds. The average Bonchev–Trinajstić information content (AvgIpc) is 2.16. The highest BCUT2D eigenvalue weighted by Crippen LogP contribution is 2.14. The largest absolute Gasteiger partial charge is 0.377 e. The first-order valence-corrected chi connectivity index (χ1v) is 6.14. The maximum atomic E-state index is 5.79. The first-order chi connectivity index (χ1) is 7.15. The Hall–Kier alpha value is -0.340. The predicted molar refractivity (Wildman–Crippen MR) is 67.2 cm³/mol. The maximum Gasteiger partial charge on any atom is 0.0730 e. The van der Waals surface area contributed by atoms with Crippen LogP contribution >= 0.6 is 0 Å². The van der Waals surface area contributed by atoms with Crippen molar-refractivity contribution in [2.45, 2.75) is 59.1 Å². The number of likely N-dealkylation sites (N-methyl/N-ethyl adjacent to an activating group) is 1. The van der Waals surface area contributed by atoms with Gasteiger partial charge in [-0.1, -0.05) is 25.8 Å². The quantitative estimate of drug-likeness (QED) is 0.594. The van der Waals surface area contributed by atoms with Crippen LogP contribution in [0.3, 0.4) is 0 Å². The Balaban J connectivity index is 4.28. The number of hydrogen-bond acceptors (Lipinski definition) is 2. The molecule has 0 saturated heterocycles. The van der Waals surface area contributed by atoms with Gasteiger partial charge in [0.2, 0.25) is 0 Å². The fraction of sp³-hybridized carbons (Fsp3) is 0.846. The van der Waals surface area contributed by atoms with Crippen LogP contribution in [0.5, 0.6) is 0 Å². The summed E-state index contributed by atoms with van der Waals surface area (Å²) in [5.74, 6) is 0. The van der Waals surface area contributed by atoms with Crippen LogP contribution in [0, 0.1) is 0 Å². The van der Waals surface area contributed by atoms with E-state index in [1.54, 1.807) is 0 Å². The zero-order valence-corrected chi connectivity index (χ0v) is 10.8. The van der Waals surface area contributed by atoms with E-state index in [0.717, 1.165) is 26.0 Å². The SMILES string of the molecule is C=C(C)CC(NCC)C(CCC)OCC. The molecule has 0 aliphatic carbocycles. The molecular weight excluding hydrogens is 186 g/mol. The van der Waals surface area contributed by atoms with E-state index >= 15 is 0 Å². The van der Waals surface area contributed by atoms with E-state index in [1.807, 2.05) is 0 Å². The lowest BCUT2D eigenvalue weighted by Gasteiger charge is -2.27. The molecule has 0 bridgehead atoms. The molecule has 0 aliphatic heterocycles. The summed E-state index contributed by atoms with van der Waals surface area (Å²) in [4.78, 5) is 0. The Labute approximate surface area is 95.1 Å². The minimum atomic E-state index is 0.330. The lowest BCUT2D eigenvalue weighted by Crippen LogP contribution is -2.41. The number of ether oxygens (including phenoxy) is 1. The topological polar surface area (TPSA) is 21.3 Å². The molecule has 1 N–H and O–H groups in total. The van der Waals surface area contributed by atoms with Crippen molar-refractivity contribution in [1.82, 2.24) is 5.32 Å². The average molecular weight is 213 g/mol. The summed E-state index contributed by atoms with van der Waals surface area (Å²) in [6, 6.07) is 0.424. The van der Waals surface area contributed by atoms with Gasteiger partial charge in [0, 0.05) is 12.6 Å². The summed E-state index contributed by atoms with van der Waals surface area (Å²) < 4.78 is 5.79. The van der Waals surface area contributed by atoms with Gasteiger partial charge in [-0.3, -0.25) is 0 Å². The highest BCUT2D eigenvalue weighted by molar-refractivity contribution is 4.95. The molecule has 0 fully saturated rings. The van der Waals surface area contributed by atoms with Gasteiger partial charge >= 0.3 is 0 Å². The molecule has 2 heteroatoms. The summed E-state index contributed by atoms with van der Waals surface area (Å²) in [6.07, 6.45) is 3.64. The first kappa shape index (κ1) is 14.7. The van der Waals surface area contributed by atoms with Gasteiger partial charge in [-0.2, -0.15) is 0 Å². The second-order valence-corrected chi connectivity index (χ2v) is 4.11. The summed E-state index contributed by atoms with van der Waals surface area (Å²) in [6.45, 7) is 14.3. The van der Waals surface area contributed by atoms with Crippen LogP contribution in [-0.4, -0.2) is 25.3 Å².